The minimum Gasteiger partial charge on any atom is -0.506 e. The van der Waals surface area contributed by atoms with Gasteiger partial charge in [-0.2, -0.15) is 0 Å². The van der Waals surface area contributed by atoms with Crippen LogP contribution in [0.2, 0.25) is 0 Å². The minimum absolute atomic E-state index is 0. The van der Waals surface area contributed by atoms with Gasteiger partial charge in [0.2, 0.25) is 0 Å². The number of phenols is 1. The number of nitro groups is 1. The molecule has 0 saturated heterocycles. The van der Waals surface area contributed by atoms with E-state index < -0.39 is 4.92 Å². The first-order valence-corrected chi connectivity index (χ1v) is 6.92. The number of phenolic OH excluding ortho intramolecular Hbond substituents is 1. The molecule has 0 bridgehead atoms. The Hall–Kier alpha value is -3.30. The number of anilines is 2. The van der Waals surface area contributed by atoms with Gasteiger partial charge in [-0.1, -0.05) is 0 Å². The maximum atomic E-state index is 10.9. The van der Waals surface area contributed by atoms with Crippen LogP contribution in [0.1, 0.15) is 11.1 Å². The molecule has 0 aliphatic heterocycles. The van der Waals surface area contributed by atoms with Crippen LogP contribution < -0.4 is 5.32 Å². The van der Waals surface area contributed by atoms with Crippen LogP contribution in [0.4, 0.5) is 17.2 Å². The van der Waals surface area contributed by atoms with Gasteiger partial charge in [0, 0.05) is 17.5 Å². The number of nitro benzene ring substituents is 1. The predicted octanol–water partition coefficient (Wildman–Crippen LogP) is 1.95. The van der Waals surface area contributed by atoms with Crippen LogP contribution in [0.3, 0.4) is 0 Å². The Balaban J connectivity index is 0.00000156. The second-order valence-electron chi connectivity index (χ2n) is 5.26. The maximum Gasteiger partial charge on any atom is 0.271 e. The molecule has 0 atom stereocenters. The fourth-order valence-corrected chi connectivity index (χ4v) is 2.28. The molecule has 0 fully saturated rings. The van der Waals surface area contributed by atoms with Crippen molar-refractivity contribution in [2.24, 2.45) is 0 Å². The molecule has 1 aromatic heterocycles. The van der Waals surface area contributed by atoms with Crippen molar-refractivity contribution in [3.63, 3.8) is 0 Å². The van der Waals surface area contributed by atoms with Crippen LogP contribution in [0, 0.1) is 24.0 Å². The number of benzene rings is 2. The van der Waals surface area contributed by atoms with Crippen molar-refractivity contribution < 1.29 is 21.0 Å². The van der Waals surface area contributed by atoms with Gasteiger partial charge in [0.05, 0.1) is 16.1 Å². The molecule has 0 saturated carbocycles. The summed E-state index contributed by atoms with van der Waals surface area (Å²) in [5, 5.41) is 24.5. The molecule has 3 rings (SSSR count). The lowest BCUT2D eigenvalue weighted by atomic mass is 10.1. The lowest BCUT2D eigenvalue weighted by molar-refractivity contribution is -0.384. The van der Waals surface area contributed by atoms with Gasteiger partial charge in [0.1, 0.15) is 17.9 Å². The standard InChI is InChI=1S/C16H14N4O3.2H2O/c1-9-5-12-13(6-10(9)2)17-8-18-16(12)19-14-7-11(20(22)23)3-4-15(14)21;;/h3-8,21H,1-2H3,(H,17,18,19);2*1H2. The third-order valence-electron chi connectivity index (χ3n) is 3.69. The summed E-state index contributed by atoms with van der Waals surface area (Å²) in [5.74, 6) is 0.389. The monoisotopic (exact) mass is 346 g/mol. The van der Waals surface area contributed by atoms with E-state index in [4.69, 9.17) is 0 Å². The van der Waals surface area contributed by atoms with E-state index in [0.717, 1.165) is 22.0 Å². The van der Waals surface area contributed by atoms with Gasteiger partial charge in [0.15, 0.2) is 0 Å². The molecule has 2 aromatic carbocycles. The Bertz CT molecular complexity index is 930. The third-order valence-corrected chi connectivity index (χ3v) is 3.69. The average molecular weight is 346 g/mol. The molecule has 3 aromatic rings. The quantitative estimate of drug-likeness (QED) is 0.418. The normalized spacial score (nSPS) is 9.84. The fourth-order valence-electron chi connectivity index (χ4n) is 2.28. The Morgan fingerprint density at radius 2 is 1.76 bits per heavy atom. The Morgan fingerprint density at radius 1 is 1.08 bits per heavy atom. The summed E-state index contributed by atoms with van der Waals surface area (Å²) in [4.78, 5) is 18.8. The van der Waals surface area contributed by atoms with E-state index in [1.807, 2.05) is 26.0 Å². The molecule has 6 N–H and O–H groups in total. The first-order valence-electron chi connectivity index (χ1n) is 6.92. The Kier molecular flexibility index (Phi) is 5.93. The van der Waals surface area contributed by atoms with E-state index in [2.05, 4.69) is 15.3 Å². The molecule has 132 valence electrons. The summed E-state index contributed by atoms with van der Waals surface area (Å²) in [5.41, 5.74) is 3.06. The molecule has 0 aliphatic carbocycles. The van der Waals surface area contributed by atoms with Crippen molar-refractivity contribution in [3.05, 3.63) is 57.9 Å². The van der Waals surface area contributed by atoms with Crippen molar-refractivity contribution in [3.8, 4) is 5.75 Å². The molecule has 0 spiro atoms. The van der Waals surface area contributed by atoms with Crippen LogP contribution >= 0.6 is 0 Å². The molecular formula is C16H18N4O5. The van der Waals surface area contributed by atoms with E-state index in [0.29, 0.717) is 5.82 Å². The zero-order valence-corrected chi connectivity index (χ0v) is 13.6. The van der Waals surface area contributed by atoms with Crippen LogP contribution in [0.25, 0.3) is 10.9 Å². The van der Waals surface area contributed by atoms with Crippen LogP contribution in [0.15, 0.2) is 36.7 Å². The van der Waals surface area contributed by atoms with E-state index in [1.165, 1.54) is 24.5 Å². The van der Waals surface area contributed by atoms with E-state index in [-0.39, 0.29) is 28.1 Å². The smallest absolute Gasteiger partial charge is 0.271 e. The van der Waals surface area contributed by atoms with Crippen LogP contribution in [-0.4, -0.2) is 31.0 Å². The highest BCUT2D eigenvalue weighted by molar-refractivity contribution is 5.92. The largest absolute Gasteiger partial charge is 0.506 e. The second-order valence-corrected chi connectivity index (χ2v) is 5.26. The van der Waals surface area contributed by atoms with Crippen molar-refractivity contribution in [1.82, 2.24) is 9.97 Å². The average Bonchev–Trinajstić information content (AvgIpc) is 2.51. The summed E-state index contributed by atoms with van der Waals surface area (Å²) in [7, 11) is 0. The number of non-ortho nitro benzene ring substituents is 1. The van der Waals surface area contributed by atoms with E-state index in [1.54, 1.807) is 0 Å². The molecule has 0 radical (unpaired) electrons. The van der Waals surface area contributed by atoms with Crippen LogP contribution in [-0.2, 0) is 0 Å². The number of hydrogen-bond acceptors (Lipinski definition) is 6. The zero-order chi connectivity index (χ0) is 16.6. The maximum absolute atomic E-state index is 10.9. The van der Waals surface area contributed by atoms with Crippen molar-refractivity contribution >= 4 is 28.1 Å². The van der Waals surface area contributed by atoms with Gasteiger partial charge < -0.3 is 21.4 Å². The zero-order valence-electron chi connectivity index (χ0n) is 13.6. The SMILES string of the molecule is Cc1cc2ncnc(Nc3cc([N+](=O)[O-])ccc3O)c2cc1C.O.O. The molecule has 0 unspecified atom stereocenters. The van der Waals surface area contributed by atoms with Gasteiger partial charge in [-0.15, -0.1) is 0 Å². The number of rotatable bonds is 3. The first kappa shape index (κ1) is 19.7. The first-order chi connectivity index (χ1) is 11.0. The van der Waals surface area contributed by atoms with Gasteiger partial charge in [0.25, 0.3) is 5.69 Å². The molecular weight excluding hydrogens is 328 g/mol. The summed E-state index contributed by atoms with van der Waals surface area (Å²) < 4.78 is 0. The minimum atomic E-state index is -0.518. The molecule has 9 heteroatoms. The summed E-state index contributed by atoms with van der Waals surface area (Å²) in [6.45, 7) is 3.98. The highest BCUT2D eigenvalue weighted by atomic mass is 16.6. The third kappa shape index (κ3) is 3.79. The Labute approximate surface area is 142 Å². The number of hydrogen-bond donors (Lipinski definition) is 2. The van der Waals surface area contributed by atoms with Gasteiger partial charge in [-0.25, -0.2) is 9.97 Å². The molecule has 9 nitrogen and oxygen atoms in total. The van der Waals surface area contributed by atoms with E-state index in [9.17, 15) is 15.2 Å². The van der Waals surface area contributed by atoms with Gasteiger partial charge in [-0.05, 0) is 43.2 Å². The molecule has 1 heterocycles. The number of aromatic hydroxyl groups is 1. The number of fused-ring (bicyclic) bond motifs is 1. The summed E-state index contributed by atoms with van der Waals surface area (Å²) in [6, 6.07) is 7.68. The summed E-state index contributed by atoms with van der Waals surface area (Å²) >= 11 is 0. The lowest BCUT2D eigenvalue weighted by Gasteiger charge is -2.11. The highest BCUT2D eigenvalue weighted by Crippen LogP contribution is 2.32. The molecule has 25 heavy (non-hydrogen) atoms. The lowest BCUT2D eigenvalue weighted by Crippen LogP contribution is -1.98. The molecule has 0 amide bonds. The molecule has 0 aliphatic rings. The topological polar surface area (TPSA) is 164 Å². The fraction of sp³-hybridized carbons (Fsp3) is 0.125. The highest BCUT2D eigenvalue weighted by Gasteiger charge is 2.13. The van der Waals surface area contributed by atoms with E-state index >= 15 is 0 Å². The second kappa shape index (κ2) is 7.51. The van der Waals surface area contributed by atoms with Gasteiger partial charge in [-0.3, -0.25) is 10.1 Å². The number of aromatic nitrogens is 2. The number of nitrogens with zero attached hydrogens (tertiary/aromatic N) is 3. The number of aryl methyl sites for hydroxylation is 2. The Morgan fingerprint density at radius 3 is 2.44 bits per heavy atom. The summed E-state index contributed by atoms with van der Waals surface area (Å²) in [6.07, 6.45) is 1.41. The van der Waals surface area contributed by atoms with Crippen molar-refractivity contribution in [1.29, 1.82) is 0 Å². The van der Waals surface area contributed by atoms with Gasteiger partial charge >= 0.3 is 0 Å². The number of nitrogens with one attached hydrogen (secondary N) is 1. The van der Waals surface area contributed by atoms with Crippen molar-refractivity contribution in [2.45, 2.75) is 13.8 Å². The predicted molar refractivity (Wildman–Crippen MR) is 94.3 cm³/mol. The van der Waals surface area contributed by atoms with Crippen LogP contribution in [0.5, 0.6) is 5.75 Å². The van der Waals surface area contributed by atoms with Crippen molar-refractivity contribution in [2.75, 3.05) is 5.32 Å².